The van der Waals surface area contributed by atoms with Crippen molar-refractivity contribution in [2.75, 3.05) is 26.4 Å². The second-order valence-corrected chi connectivity index (χ2v) is 9.49. The second-order valence-electron chi connectivity index (χ2n) is 6.97. The molecule has 0 radical (unpaired) electrons. The van der Waals surface area contributed by atoms with Crippen molar-refractivity contribution in [1.82, 2.24) is 0 Å². The van der Waals surface area contributed by atoms with E-state index in [0.29, 0.717) is 11.5 Å². The summed E-state index contributed by atoms with van der Waals surface area (Å²) >= 11 is 0. The summed E-state index contributed by atoms with van der Waals surface area (Å²) in [5.74, 6) is 0.620. The molecule has 0 heterocycles. The van der Waals surface area contributed by atoms with E-state index in [-0.39, 0.29) is 37.4 Å². The minimum atomic E-state index is -3.95. The molecule has 2 N–H and O–H groups in total. The third-order valence-electron chi connectivity index (χ3n) is 4.85. The molecule has 0 spiro atoms. The van der Waals surface area contributed by atoms with Gasteiger partial charge in [-0.25, -0.2) is 8.42 Å². The van der Waals surface area contributed by atoms with Gasteiger partial charge >= 0.3 is 0 Å². The fraction of sp³-hybridized carbons (Fsp3) is 0.400. The first-order valence-corrected chi connectivity index (χ1v) is 11.5. The first-order valence-electron chi connectivity index (χ1n) is 9.88. The molecule has 0 bridgehead atoms. The van der Waals surface area contributed by atoms with E-state index in [2.05, 4.69) is 0 Å². The highest BCUT2D eigenvalue weighted by atomic mass is 32.2. The van der Waals surface area contributed by atoms with E-state index in [0.717, 1.165) is 0 Å². The summed E-state index contributed by atoms with van der Waals surface area (Å²) in [6, 6.07) is 10.5. The molecule has 0 amide bonds. The van der Waals surface area contributed by atoms with Crippen LogP contribution in [0.1, 0.15) is 12.8 Å². The molecule has 2 unspecified atom stereocenters. The fourth-order valence-corrected chi connectivity index (χ4v) is 4.75. The van der Waals surface area contributed by atoms with Gasteiger partial charge in [0.15, 0.2) is 9.84 Å². The van der Waals surface area contributed by atoms with E-state index >= 15 is 0 Å². The third-order valence-corrected chi connectivity index (χ3v) is 7.48. The molecule has 0 aliphatic carbocycles. The molecule has 0 aliphatic rings. The zero-order chi connectivity index (χ0) is 24.4. The van der Waals surface area contributed by atoms with Gasteiger partial charge < -0.3 is 19.7 Å². The Balaban J connectivity index is 1.89. The predicted octanol–water partition coefficient (Wildman–Crippen LogP) is 1.88. The van der Waals surface area contributed by atoms with Gasteiger partial charge in [-0.05, 0) is 24.3 Å². The Labute approximate surface area is 189 Å². The summed E-state index contributed by atoms with van der Waals surface area (Å²) in [7, 11) is -3.95. The lowest BCUT2D eigenvalue weighted by Crippen LogP contribution is -2.38. The normalized spacial score (nSPS) is 13.2. The maximum atomic E-state index is 12.8. The van der Waals surface area contributed by atoms with E-state index in [1.165, 1.54) is 48.5 Å². The van der Waals surface area contributed by atoms with Crippen LogP contribution in [0.2, 0.25) is 0 Å². The molecule has 2 atom stereocenters. The molecule has 0 aliphatic heterocycles. The lowest BCUT2D eigenvalue weighted by atomic mass is 10.3. The molecule has 0 aromatic heterocycles. The third kappa shape index (κ3) is 7.37. The number of nitro benzene ring substituents is 2. The lowest BCUT2D eigenvalue weighted by molar-refractivity contribution is -0.385. The van der Waals surface area contributed by atoms with Gasteiger partial charge in [0.05, 0.1) is 46.8 Å². The van der Waals surface area contributed by atoms with Gasteiger partial charge in [0, 0.05) is 37.1 Å². The number of aliphatic hydroxyl groups excluding tert-OH is 2. The molecule has 13 heteroatoms. The zero-order valence-electron chi connectivity index (χ0n) is 17.5. The van der Waals surface area contributed by atoms with Crippen molar-refractivity contribution in [3.8, 4) is 11.5 Å². The highest BCUT2D eigenvalue weighted by Gasteiger charge is 2.33. The van der Waals surface area contributed by atoms with Crippen LogP contribution >= 0.6 is 0 Å². The number of nitrogens with zero attached hydrogens (tertiary/aromatic N) is 2. The number of benzene rings is 2. The van der Waals surface area contributed by atoms with Crippen molar-refractivity contribution in [2.24, 2.45) is 0 Å². The van der Waals surface area contributed by atoms with Gasteiger partial charge in [-0.3, -0.25) is 20.2 Å². The molecule has 33 heavy (non-hydrogen) atoms. The highest BCUT2D eigenvalue weighted by Crippen LogP contribution is 2.21. The molecular formula is C20H24N2O10S. The SMILES string of the molecule is O=[N+]([O-])c1ccc(OCCC(CO)S(=O)(=O)C(CO)CCOc2ccc([N+](=O)[O-])cc2)cc1. The Hall–Kier alpha value is -3.29. The lowest BCUT2D eigenvalue weighted by Gasteiger charge is -2.22. The summed E-state index contributed by atoms with van der Waals surface area (Å²) in [5.41, 5.74) is -0.222. The average molecular weight is 484 g/mol. The Morgan fingerprint density at radius 2 is 1.06 bits per heavy atom. The smallest absolute Gasteiger partial charge is 0.269 e. The number of ether oxygens (including phenoxy) is 2. The van der Waals surface area contributed by atoms with Crippen LogP contribution in [-0.4, -0.2) is 65.4 Å². The number of rotatable bonds is 14. The van der Waals surface area contributed by atoms with Crippen molar-refractivity contribution in [3.63, 3.8) is 0 Å². The molecule has 180 valence electrons. The van der Waals surface area contributed by atoms with E-state index < -0.39 is 43.4 Å². The summed E-state index contributed by atoms with van der Waals surface area (Å²) in [4.78, 5) is 20.2. The van der Waals surface area contributed by atoms with Crippen molar-refractivity contribution in [3.05, 3.63) is 68.8 Å². The van der Waals surface area contributed by atoms with Crippen LogP contribution in [0.3, 0.4) is 0 Å². The molecule has 2 rings (SSSR count). The molecule has 2 aromatic rings. The van der Waals surface area contributed by atoms with Crippen LogP contribution < -0.4 is 9.47 Å². The number of aliphatic hydroxyl groups is 2. The van der Waals surface area contributed by atoms with Gasteiger partial charge in [0.1, 0.15) is 11.5 Å². The predicted molar refractivity (Wildman–Crippen MR) is 117 cm³/mol. The summed E-state index contributed by atoms with van der Waals surface area (Å²) in [6.45, 7) is -1.49. The van der Waals surface area contributed by atoms with E-state index in [1.807, 2.05) is 0 Å². The number of hydrogen-bond acceptors (Lipinski definition) is 10. The fourth-order valence-electron chi connectivity index (χ4n) is 2.94. The Kier molecular flexibility index (Phi) is 9.51. The number of sulfone groups is 1. The molecule has 2 aromatic carbocycles. The van der Waals surface area contributed by atoms with Crippen LogP contribution in [0.5, 0.6) is 11.5 Å². The van der Waals surface area contributed by atoms with Gasteiger partial charge in [0.25, 0.3) is 11.4 Å². The Bertz CT molecular complexity index is 948. The number of hydrogen-bond donors (Lipinski definition) is 2. The standard InChI is InChI=1S/C20H24N2O10S/c23-13-19(9-11-31-17-5-1-15(2-6-17)21(25)26)33(29,30)20(14-24)10-12-32-18-7-3-16(4-8-18)22(27)28/h1-8,19-20,23-24H,9-14H2. The second kappa shape index (κ2) is 12.1. The highest BCUT2D eigenvalue weighted by molar-refractivity contribution is 7.92. The minimum Gasteiger partial charge on any atom is -0.494 e. The topological polar surface area (TPSA) is 179 Å². The van der Waals surface area contributed by atoms with Crippen LogP contribution in [0, 0.1) is 20.2 Å². The molecule has 0 fully saturated rings. The van der Waals surface area contributed by atoms with Gasteiger partial charge in [0.2, 0.25) is 0 Å². The van der Waals surface area contributed by atoms with Crippen LogP contribution in [0.4, 0.5) is 11.4 Å². The van der Waals surface area contributed by atoms with Gasteiger partial charge in [-0.1, -0.05) is 0 Å². The van der Waals surface area contributed by atoms with Crippen molar-refractivity contribution < 1.29 is 38.0 Å². The molecule has 0 saturated heterocycles. The largest absolute Gasteiger partial charge is 0.494 e. The maximum Gasteiger partial charge on any atom is 0.269 e. The molecule has 12 nitrogen and oxygen atoms in total. The Morgan fingerprint density at radius 1 is 0.727 bits per heavy atom. The van der Waals surface area contributed by atoms with E-state index in [9.17, 15) is 38.9 Å². The van der Waals surface area contributed by atoms with Crippen molar-refractivity contribution >= 4 is 21.2 Å². The monoisotopic (exact) mass is 484 g/mol. The first-order chi connectivity index (χ1) is 15.7. The average Bonchev–Trinajstić information content (AvgIpc) is 2.79. The quantitative estimate of drug-likeness (QED) is 0.297. The summed E-state index contributed by atoms with van der Waals surface area (Å²) < 4.78 is 36.5. The Morgan fingerprint density at radius 3 is 1.33 bits per heavy atom. The van der Waals surface area contributed by atoms with E-state index in [1.54, 1.807) is 0 Å². The van der Waals surface area contributed by atoms with Crippen LogP contribution in [0.25, 0.3) is 0 Å². The number of nitro groups is 2. The van der Waals surface area contributed by atoms with Crippen LogP contribution in [0.15, 0.2) is 48.5 Å². The number of non-ortho nitro benzene ring substituents is 2. The molecule has 0 saturated carbocycles. The summed E-state index contributed by atoms with van der Waals surface area (Å²) in [6.07, 6.45) is -0.120. The first kappa shape index (κ1) is 26.0. The zero-order valence-corrected chi connectivity index (χ0v) is 18.3. The van der Waals surface area contributed by atoms with Gasteiger partial charge in [-0.15, -0.1) is 0 Å². The summed E-state index contributed by atoms with van der Waals surface area (Å²) in [5, 5.41) is 38.2. The van der Waals surface area contributed by atoms with Gasteiger partial charge in [-0.2, -0.15) is 0 Å². The minimum absolute atomic E-state index is 0.0600. The van der Waals surface area contributed by atoms with Crippen molar-refractivity contribution in [2.45, 2.75) is 23.3 Å². The van der Waals surface area contributed by atoms with Crippen LogP contribution in [-0.2, 0) is 9.84 Å². The van der Waals surface area contributed by atoms with Crippen molar-refractivity contribution in [1.29, 1.82) is 0 Å². The maximum absolute atomic E-state index is 12.8. The molecular weight excluding hydrogens is 460 g/mol. The van der Waals surface area contributed by atoms with E-state index in [4.69, 9.17) is 9.47 Å².